The summed E-state index contributed by atoms with van der Waals surface area (Å²) >= 11 is 0. The Bertz CT molecular complexity index is 1290. The van der Waals surface area contributed by atoms with Gasteiger partial charge in [-0.2, -0.15) is 25.9 Å². The molecule has 0 amide bonds. The first-order valence-electron chi connectivity index (χ1n) is 10.7. The minimum absolute atomic E-state index is 0.0294. The molecule has 1 aliphatic heterocycles. The van der Waals surface area contributed by atoms with Crippen LogP contribution in [-0.2, 0) is 16.4 Å². The van der Waals surface area contributed by atoms with Gasteiger partial charge < -0.3 is 0 Å². The van der Waals surface area contributed by atoms with Gasteiger partial charge in [-0.3, -0.25) is 4.72 Å². The molecule has 1 saturated heterocycles. The fraction of sp³-hybridized carbons (Fsp3) is 0.200. The van der Waals surface area contributed by atoms with E-state index in [9.17, 15) is 30.4 Å². The minimum Gasteiger partial charge on any atom is -0.271 e. The van der Waals surface area contributed by atoms with Crippen molar-refractivity contribution in [3.8, 4) is 0 Å². The van der Waals surface area contributed by atoms with E-state index in [1.165, 1.54) is 30.3 Å². The Morgan fingerprint density at radius 1 is 0.857 bits per heavy atom. The highest BCUT2D eigenvalue weighted by molar-refractivity contribution is 7.90. The lowest BCUT2D eigenvalue weighted by molar-refractivity contribution is -0.137. The molecule has 0 spiro atoms. The molecule has 1 aliphatic rings. The van der Waals surface area contributed by atoms with E-state index in [1.54, 1.807) is 24.3 Å². The van der Waals surface area contributed by atoms with Crippen LogP contribution >= 0.6 is 0 Å². The van der Waals surface area contributed by atoms with E-state index in [4.69, 9.17) is 0 Å². The van der Waals surface area contributed by atoms with Gasteiger partial charge in [0, 0.05) is 13.1 Å². The van der Waals surface area contributed by atoms with Gasteiger partial charge in [-0.1, -0.05) is 30.3 Å². The normalized spacial score (nSPS) is 15.2. The van der Waals surface area contributed by atoms with Gasteiger partial charge in [-0.15, -0.1) is 0 Å². The second-order valence-electron chi connectivity index (χ2n) is 8.12. The van der Waals surface area contributed by atoms with Crippen molar-refractivity contribution in [2.24, 2.45) is 0 Å². The highest BCUT2D eigenvalue weighted by atomic mass is 32.2. The van der Waals surface area contributed by atoms with Crippen LogP contribution in [0.2, 0.25) is 0 Å². The van der Waals surface area contributed by atoms with Crippen LogP contribution in [0.3, 0.4) is 0 Å². The molecule has 4 rings (SSSR count). The lowest BCUT2D eigenvalue weighted by Gasteiger charge is -2.30. The Morgan fingerprint density at radius 3 is 1.97 bits per heavy atom. The van der Waals surface area contributed by atoms with Crippen molar-refractivity contribution >= 4 is 21.5 Å². The summed E-state index contributed by atoms with van der Waals surface area (Å²) in [5.41, 5.74) is 1.49. The summed E-state index contributed by atoms with van der Waals surface area (Å²) in [6.07, 6.45) is -3.61. The number of benzene rings is 3. The first-order chi connectivity index (χ1) is 16.5. The number of hydrogen-bond donors (Lipinski definition) is 1. The molecule has 3 aromatic carbocycles. The summed E-state index contributed by atoms with van der Waals surface area (Å²) in [5, 5.41) is 0. The second-order valence-corrected chi connectivity index (χ2v) is 9.79. The molecule has 184 valence electrons. The number of nitrogens with zero attached hydrogens (tertiary/aromatic N) is 1. The van der Waals surface area contributed by atoms with Gasteiger partial charge >= 0.3 is 16.4 Å². The molecule has 1 heterocycles. The zero-order valence-electron chi connectivity index (χ0n) is 18.3. The summed E-state index contributed by atoms with van der Waals surface area (Å²) in [6.45, 7) is 0.135. The van der Waals surface area contributed by atoms with Crippen LogP contribution in [0.1, 0.15) is 29.5 Å². The van der Waals surface area contributed by atoms with Gasteiger partial charge in [0.1, 0.15) is 11.6 Å². The largest absolute Gasteiger partial charge is 0.416 e. The number of anilines is 1. The third-order valence-electron chi connectivity index (χ3n) is 5.65. The Kier molecular flexibility index (Phi) is 6.95. The molecule has 0 radical (unpaired) electrons. The number of halogens is 5. The lowest BCUT2D eigenvalue weighted by Crippen LogP contribution is -2.40. The minimum atomic E-state index is -4.61. The van der Waals surface area contributed by atoms with E-state index in [2.05, 4.69) is 4.72 Å². The van der Waals surface area contributed by atoms with Crippen molar-refractivity contribution in [1.29, 1.82) is 0 Å². The highest BCUT2D eigenvalue weighted by Gasteiger charge is 2.32. The fourth-order valence-corrected chi connectivity index (χ4v) is 5.28. The maximum Gasteiger partial charge on any atom is 0.416 e. The average molecular weight is 509 g/mol. The van der Waals surface area contributed by atoms with Crippen LogP contribution in [0.25, 0.3) is 5.57 Å². The SMILES string of the molecule is O=S(=O)(Nc1cccc(C(F)(F)F)c1)N1CCCC(=C(c2ccc(F)cc2)c2ccc(F)cc2)C1. The number of alkyl halides is 3. The molecule has 1 fully saturated rings. The zero-order valence-corrected chi connectivity index (χ0v) is 19.1. The predicted molar refractivity (Wildman–Crippen MR) is 124 cm³/mol. The van der Waals surface area contributed by atoms with E-state index >= 15 is 0 Å². The average Bonchev–Trinajstić information content (AvgIpc) is 2.81. The fourth-order valence-electron chi connectivity index (χ4n) is 4.03. The monoisotopic (exact) mass is 508 g/mol. The first-order valence-corrected chi connectivity index (χ1v) is 12.2. The van der Waals surface area contributed by atoms with E-state index in [0.29, 0.717) is 29.5 Å². The van der Waals surface area contributed by atoms with Crippen molar-refractivity contribution in [3.05, 3.63) is 107 Å². The Balaban J connectivity index is 1.68. The molecule has 0 atom stereocenters. The van der Waals surface area contributed by atoms with E-state index in [0.717, 1.165) is 28.1 Å². The van der Waals surface area contributed by atoms with Crippen molar-refractivity contribution in [2.75, 3.05) is 17.8 Å². The molecule has 10 heteroatoms. The number of rotatable bonds is 5. The smallest absolute Gasteiger partial charge is 0.271 e. The van der Waals surface area contributed by atoms with Crippen molar-refractivity contribution in [3.63, 3.8) is 0 Å². The lowest BCUT2D eigenvalue weighted by atomic mass is 9.89. The third-order valence-corrected chi connectivity index (χ3v) is 7.13. The molecule has 35 heavy (non-hydrogen) atoms. The van der Waals surface area contributed by atoms with Crippen molar-refractivity contribution in [2.45, 2.75) is 19.0 Å². The van der Waals surface area contributed by atoms with Gasteiger partial charge in [-0.25, -0.2) is 8.78 Å². The highest BCUT2D eigenvalue weighted by Crippen LogP contribution is 2.34. The van der Waals surface area contributed by atoms with Gasteiger partial charge in [0.15, 0.2) is 0 Å². The Labute approximate surface area is 199 Å². The zero-order chi connectivity index (χ0) is 25.2. The summed E-state index contributed by atoms with van der Waals surface area (Å²) in [5.74, 6) is -0.870. The van der Waals surface area contributed by atoms with E-state index in [-0.39, 0.29) is 18.8 Å². The summed E-state index contributed by atoms with van der Waals surface area (Å²) in [6, 6.07) is 15.4. The van der Waals surface area contributed by atoms with E-state index < -0.39 is 33.6 Å². The topological polar surface area (TPSA) is 49.4 Å². The van der Waals surface area contributed by atoms with Gasteiger partial charge in [0.25, 0.3) is 0 Å². The Morgan fingerprint density at radius 2 is 1.43 bits per heavy atom. The van der Waals surface area contributed by atoms with Gasteiger partial charge in [0.2, 0.25) is 0 Å². The van der Waals surface area contributed by atoms with E-state index in [1.807, 2.05) is 0 Å². The summed E-state index contributed by atoms with van der Waals surface area (Å²) < 4.78 is 95.7. The molecule has 0 unspecified atom stereocenters. The number of hydrogen-bond acceptors (Lipinski definition) is 2. The third kappa shape index (κ3) is 5.88. The molecule has 3 aromatic rings. The molecule has 0 aromatic heterocycles. The quantitative estimate of drug-likeness (QED) is 0.415. The first kappa shape index (κ1) is 24.9. The molecule has 4 nitrogen and oxygen atoms in total. The Hall–Kier alpha value is -3.24. The molecule has 0 saturated carbocycles. The second kappa shape index (κ2) is 9.79. The number of piperidine rings is 1. The molecular weight excluding hydrogens is 487 g/mol. The number of nitrogens with one attached hydrogen (secondary N) is 1. The molecule has 0 aliphatic carbocycles. The van der Waals surface area contributed by atoms with Crippen molar-refractivity contribution < 1.29 is 30.4 Å². The molecular formula is C25H21F5N2O2S. The standard InChI is InChI=1S/C25H21F5N2O2S/c26-21-10-6-17(7-11-21)24(18-8-12-22(27)13-9-18)19-3-2-14-32(16-19)35(33,34)31-23-5-1-4-20(15-23)25(28,29)30/h1,4-13,15,31H,2-3,14,16H2. The van der Waals surface area contributed by atoms with Gasteiger partial charge in [-0.05, 0) is 77.6 Å². The van der Waals surface area contributed by atoms with Crippen LogP contribution in [0, 0.1) is 11.6 Å². The van der Waals surface area contributed by atoms with Crippen LogP contribution in [0.5, 0.6) is 0 Å². The van der Waals surface area contributed by atoms with Crippen LogP contribution < -0.4 is 4.72 Å². The molecule has 1 N–H and O–H groups in total. The van der Waals surface area contributed by atoms with Crippen molar-refractivity contribution in [1.82, 2.24) is 4.31 Å². The predicted octanol–water partition coefficient (Wildman–Crippen LogP) is 6.24. The maximum absolute atomic E-state index is 13.5. The van der Waals surface area contributed by atoms with Gasteiger partial charge in [0.05, 0.1) is 11.3 Å². The van der Waals surface area contributed by atoms with Crippen LogP contribution in [-0.4, -0.2) is 25.8 Å². The summed E-state index contributed by atoms with van der Waals surface area (Å²) in [7, 11) is -4.18. The van der Waals surface area contributed by atoms with Crippen LogP contribution in [0.4, 0.5) is 27.6 Å². The maximum atomic E-state index is 13.5. The van der Waals surface area contributed by atoms with Crippen LogP contribution in [0.15, 0.2) is 78.4 Å². The molecule has 0 bridgehead atoms. The summed E-state index contributed by atoms with van der Waals surface area (Å²) in [4.78, 5) is 0.